The fourth-order valence-electron chi connectivity index (χ4n) is 1.81. The number of anilines is 1. The van der Waals surface area contributed by atoms with Gasteiger partial charge in [-0.3, -0.25) is 4.79 Å². The number of carbonyl (C=O) groups is 1. The number of halogens is 2. The van der Waals surface area contributed by atoms with Crippen LogP contribution in [0.4, 0.5) is 5.82 Å². The molecule has 2 aromatic rings. The minimum atomic E-state index is -0.416. The highest BCUT2D eigenvalue weighted by atomic mass is 79.9. The van der Waals surface area contributed by atoms with Gasteiger partial charge in [0.05, 0.1) is 7.11 Å². The molecule has 0 saturated heterocycles. The van der Waals surface area contributed by atoms with Gasteiger partial charge in [-0.05, 0) is 28.5 Å². The van der Waals surface area contributed by atoms with E-state index in [1.165, 1.54) is 0 Å². The van der Waals surface area contributed by atoms with E-state index >= 15 is 0 Å². The molecule has 0 saturated carbocycles. The number of hydrogen-bond donors (Lipinski definition) is 3. The topological polar surface area (TPSA) is 115 Å². The van der Waals surface area contributed by atoms with E-state index in [1.54, 1.807) is 7.11 Å². The molecule has 4 N–H and O–H groups in total. The number of methoxy groups -OCH3 is 1. The van der Waals surface area contributed by atoms with Crippen molar-refractivity contribution in [1.82, 2.24) is 20.9 Å². The maximum atomic E-state index is 11.7. The van der Waals surface area contributed by atoms with Gasteiger partial charge in [0.1, 0.15) is 5.75 Å². The van der Waals surface area contributed by atoms with Crippen molar-refractivity contribution in [1.29, 1.82) is 0 Å². The molecule has 23 heavy (non-hydrogen) atoms. The van der Waals surface area contributed by atoms with E-state index in [0.29, 0.717) is 19.6 Å². The number of rotatable bonds is 7. The third kappa shape index (κ3) is 5.38. The SMILES string of the molecule is COc1ccc(Br)cc1CNCCNC(=O)c1nonc1N.[Cl-]. The van der Waals surface area contributed by atoms with Crippen molar-refractivity contribution in [3.63, 3.8) is 0 Å². The molecule has 8 nitrogen and oxygen atoms in total. The predicted molar refractivity (Wildman–Crippen MR) is 83.4 cm³/mol. The van der Waals surface area contributed by atoms with Gasteiger partial charge in [-0.2, -0.15) is 0 Å². The molecular formula is C13H16BrClN5O3-. The summed E-state index contributed by atoms with van der Waals surface area (Å²) in [5.74, 6) is 0.367. The summed E-state index contributed by atoms with van der Waals surface area (Å²) in [7, 11) is 1.63. The lowest BCUT2D eigenvalue weighted by molar-refractivity contribution is -0.0000136. The van der Waals surface area contributed by atoms with Crippen LogP contribution in [0.25, 0.3) is 0 Å². The Hall–Kier alpha value is -1.84. The lowest BCUT2D eigenvalue weighted by atomic mass is 10.2. The van der Waals surface area contributed by atoms with Crippen molar-refractivity contribution in [2.75, 3.05) is 25.9 Å². The highest BCUT2D eigenvalue weighted by Gasteiger charge is 2.14. The number of carbonyl (C=O) groups excluding carboxylic acids is 1. The van der Waals surface area contributed by atoms with Crippen LogP contribution in [0.15, 0.2) is 27.3 Å². The number of nitrogens with zero attached hydrogens (tertiary/aromatic N) is 2. The Morgan fingerprint density at radius 2 is 2.17 bits per heavy atom. The van der Waals surface area contributed by atoms with E-state index in [4.69, 9.17) is 10.5 Å². The molecule has 0 bridgehead atoms. The van der Waals surface area contributed by atoms with Crippen LogP contribution in [0.2, 0.25) is 0 Å². The van der Waals surface area contributed by atoms with E-state index < -0.39 is 5.91 Å². The molecule has 0 unspecified atom stereocenters. The van der Waals surface area contributed by atoms with Crippen molar-refractivity contribution < 1.29 is 26.6 Å². The summed E-state index contributed by atoms with van der Waals surface area (Å²) >= 11 is 3.42. The van der Waals surface area contributed by atoms with Gasteiger partial charge in [0.2, 0.25) is 11.5 Å². The zero-order valence-electron chi connectivity index (χ0n) is 12.3. The second-order valence-corrected chi connectivity index (χ2v) is 5.30. The second kappa shape index (κ2) is 9.33. The lowest BCUT2D eigenvalue weighted by Crippen LogP contribution is -3.00. The molecule has 0 aliphatic carbocycles. The number of nitrogen functional groups attached to an aromatic ring is 1. The molecule has 1 aromatic heterocycles. The number of hydrogen-bond acceptors (Lipinski definition) is 7. The number of benzene rings is 1. The van der Waals surface area contributed by atoms with Gasteiger partial charge < -0.3 is 33.5 Å². The van der Waals surface area contributed by atoms with Gasteiger partial charge in [0.15, 0.2) is 0 Å². The minimum absolute atomic E-state index is 0. The standard InChI is InChI=1S/C13H16BrN5O3.ClH/c1-21-10-3-2-9(14)6-8(10)7-16-4-5-17-13(20)11-12(15)19-22-18-11;/h2-3,6,16H,4-5,7H2,1H3,(H2,15,19)(H,17,20);1H/p-1. The quantitative estimate of drug-likeness (QED) is 0.454. The van der Waals surface area contributed by atoms with Crippen LogP contribution in [0, 0.1) is 0 Å². The predicted octanol–water partition coefficient (Wildman–Crippen LogP) is -2.05. The molecule has 0 atom stereocenters. The zero-order valence-corrected chi connectivity index (χ0v) is 14.6. The molecule has 0 aliphatic heterocycles. The van der Waals surface area contributed by atoms with Crippen molar-refractivity contribution in [2.45, 2.75) is 6.54 Å². The van der Waals surface area contributed by atoms with E-state index in [2.05, 4.69) is 41.5 Å². The molecule has 0 fully saturated rings. The monoisotopic (exact) mass is 404 g/mol. The highest BCUT2D eigenvalue weighted by molar-refractivity contribution is 9.10. The largest absolute Gasteiger partial charge is 1.00 e. The van der Waals surface area contributed by atoms with Gasteiger partial charge in [0, 0.05) is 29.7 Å². The third-order valence-electron chi connectivity index (χ3n) is 2.87. The van der Waals surface area contributed by atoms with E-state index in [-0.39, 0.29) is 23.9 Å². The Morgan fingerprint density at radius 3 is 2.83 bits per heavy atom. The normalized spacial score (nSPS) is 10.0. The van der Waals surface area contributed by atoms with Gasteiger partial charge in [-0.1, -0.05) is 15.9 Å². The fourth-order valence-corrected chi connectivity index (χ4v) is 2.22. The van der Waals surface area contributed by atoms with Gasteiger partial charge in [-0.25, -0.2) is 4.63 Å². The van der Waals surface area contributed by atoms with Gasteiger partial charge in [0.25, 0.3) is 5.91 Å². The molecule has 126 valence electrons. The molecule has 1 amide bonds. The number of aromatic nitrogens is 2. The molecule has 0 spiro atoms. The van der Waals surface area contributed by atoms with Crippen LogP contribution < -0.4 is 33.5 Å². The molecular weight excluding hydrogens is 390 g/mol. The van der Waals surface area contributed by atoms with E-state index in [0.717, 1.165) is 15.8 Å². The highest BCUT2D eigenvalue weighted by Crippen LogP contribution is 2.22. The Morgan fingerprint density at radius 1 is 1.39 bits per heavy atom. The average molecular weight is 406 g/mol. The summed E-state index contributed by atoms with van der Waals surface area (Å²) < 4.78 is 10.6. The Balaban J connectivity index is 0.00000264. The zero-order chi connectivity index (χ0) is 15.9. The fraction of sp³-hybridized carbons (Fsp3) is 0.308. The lowest BCUT2D eigenvalue weighted by Gasteiger charge is -2.10. The maximum Gasteiger partial charge on any atom is 0.277 e. The Labute approximate surface area is 147 Å². The van der Waals surface area contributed by atoms with Gasteiger partial charge in [-0.15, -0.1) is 0 Å². The summed E-state index contributed by atoms with van der Waals surface area (Å²) in [6.45, 7) is 1.61. The molecule has 0 aliphatic rings. The van der Waals surface area contributed by atoms with Crippen LogP contribution in [-0.2, 0) is 6.54 Å². The number of nitrogens with one attached hydrogen (secondary N) is 2. The average Bonchev–Trinajstić information content (AvgIpc) is 2.93. The molecule has 1 heterocycles. The van der Waals surface area contributed by atoms with Crippen molar-refractivity contribution >= 4 is 27.7 Å². The summed E-state index contributed by atoms with van der Waals surface area (Å²) in [4.78, 5) is 11.7. The molecule has 1 aromatic carbocycles. The summed E-state index contributed by atoms with van der Waals surface area (Å²) in [5, 5.41) is 12.7. The Bertz CT molecular complexity index is 652. The molecule has 0 radical (unpaired) electrons. The first-order valence-corrected chi connectivity index (χ1v) is 7.30. The van der Waals surface area contributed by atoms with Crippen molar-refractivity contribution in [3.05, 3.63) is 33.9 Å². The first-order valence-electron chi connectivity index (χ1n) is 6.51. The first-order chi connectivity index (χ1) is 10.6. The van der Waals surface area contributed by atoms with Crippen LogP contribution in [0.1, 0.15) is 16.1 Å². The summed E-state index contributed by atoms with van der Waals surface area (Å²) in [6, 6.07) is 5.79. The number of amides is 1. The van der Waals surface area contributed by atoms with Crippen LogP contribution >= 0.6 is 15.9 Å². The summed E-state index contributed by atoms with van der Waals surface area (Å²) in [6.07, 6.45) is 0. The van der Waals surface area contributed by atoms with Crippen LogP contribution in [0.3, 0.4) is 0 Å². The van der Waals surface area contributed by atoms with Gasteiger partial charge >= 0.3 is 0 Å². The summed E-state index contributed by atoms with van der Waals surface area (Å²) in [5.41, 5.74) is 6.45. The molecule has 10 heteroatoms. The molecule has 2 rings (SSSR count). The van der Waals surface area contributed by atoms with Crippen LogP contribution in [-0.4, -0.2) is 36.4 Å². The Kier molecular flexibility index (Phi) is 7.79. The van der Waals surface area contributed by atoms with Crippen molar-refractivity contribution in [3.8, 4) is 5.75 Å². The second-order valence-electron chi connectivity index (χ2n) is 4.39. The number of nitrogens with two attached hydrogens (primary N) is 1. The minimum Gasteiger partial charge on any atom is -1.00 e. The first kappa shape index (κ1) is 19.2. The van der Waals surface area contributed by atoms with Crippen molar-refractivity contribution in [2.24, 2.45) is 0 Å². The smallest absolute Gasteiger partial charge is 0.277 e. The maximum absolute atomic E-state index is 11.7. The number of ether oxygens (including phenoxy) is 1. The third-order valence-corrected chi connectivity index (χ3v) is 3.37. The van der Waals surface area contributed by atoms with Crippen LogP contribution in [0.5, 0.6) is 5.75 Å². The van der Waals surface area contributed by atoms with E-state index in [1.807, 2.05) is 18.2 Å². The van der Waals surface area contributed by atoms with E-state index in [9.17, 15) is 4.79 Å².